The van der Waals surface area contributed by atoms with Crippen molar-refractivity contribution in [1.82, 2.24) is 4.90 Å². The van der Waals surface area contributed by atoms with Crippen LogP contribution in [0.15, 0.2) is 41.3 Å². The van der Waals surface area contributed by atoms with Crippen LogP contribution in [0.2, 0.25) is 0 Å². The lowest BCUT2D eigenvalue weighted by molar-refractivity contribution is -0.0328. The maximum atomic E-state index is 12.4. The summed E-state index contributed by atoms with van der Waals surface area (Å²) in [6.07, 6.45) is 3.48. The highest BCUT2D eigenvalue weighted by atomic mass is 32.2. The van der Waals surface area contributed by atoms with Crippen molar-refractivity contribution in [3.63, 3.8) is 0 Å². The molecule has 0 radical (unpaired) electrons. The van der Waals surface area contributed by atoms with E-state index in [4.69, 9.17) is 0 Å². The summed E-state index contributed by atoms with van der Waals surface area (Å²) in [5.74, 6) is 6.24. The standard InChI is InChI=1S/C18H20F3NS/c1-14(2)6-11-17(22-12-4-3-5-13-22)15-7-9-16(10-8-15)23-18(19,20)21/h7-10,17H,1,3-5,12-13H2,2H3. The van der Waals surface area contributed by atoms with Crippen molar-refractivity contribution >= 4 is 11.8 Å². The first-order valence-electron chi connectivity index (χ1n) is 7.62. The first kappa shape index (κ1) is 18.0. The Labute approximate surface area is 139 Å². The number of rotatable bonds is 3. The van der Waals surface area contributed by atoms with Crippen molar-refractivity contribution in [3.8, 4) is 11.8 Å². The summed E-state index contributed by atoms with van der Waals surface area (Å²) in [5, 5.41) is 0. The highest BCUT2D eigenvalue weighted by Crippen LogP contribution is 2.37. The van der Waals surface area contributed by atoms with Gasteiger partial charge < -0.3 is 0 Å². The highest BCUT2D eigenvalue weighted by molar-refractivity contribution is 8.00. The minimum absolute atomic E-state index is 0.0862. The van der Waals surface area contributed by atoms with Crippen LogP contribution in [0.4, 0.5) is 13.2 Å². The molecule has 1 aliphatic rings. The van der Waals surface area contributed by atoms with E-state index in [0.29, 0.717) is 0 Å². The van der Waals surface area contributed by atoms with E-state index in [1.54, 1.807) is 12.1 Å². The number of benzene rings is 1. The Morgan fingerprint density at radius 3 is 2.30 bits per heavy atom. The van der Waals surface area contributed by atoms with Crippen LogP contribution in [0.25, 0.3) is 0 Å². The highest BCUT2D eigenvalue weighted by Gasteiger charge is 2.29. The molecule has 124 valence electrons. The van der Waals surface area contributed by atoms with Crippen LogP contribution in [-0.2, 0) is 0 Å². The molecule has 1 aliphatic heterocycles. The normalized spacial score (nSPS) is 17.2. The van der Waals surface area contributed by atoms with Crippen LogP contribution >= 0.6 is 11.8 Å². The minimum Gasteiger partial charge on any atom is -0.286 e. The lowest BCUT2D eigenvalue weighted by Gasteiger charge is -2.32. The number of hydrogen-bond donors (Lipinski definition) is 0. The van der Waals surface area contributed by atoms with E-state index in [-0.39, 0.29) is 22.7 Å². The first-order chi connectivity index (χ1) is 10.8. The number of thioether (sulfide) groups is 1. The second-order valence-corrected chi connectivity index (χ2v) is 6.80. The topological polar surface area (TPSA) is 3.24 Å². The molecule has 1 saturated heterocycles. The molecule has 0 aliphatic carbocycles. The maximum absolute atomic E-state index is 12.4. The second kappa shape index (κ2) is 7.94. The third-order valence-corrected chi connectivity index (χ3v) is 4.35. The summed E-state index contributed by atoms with van der Waals surface area (Å²) in [7, 11) is 0. The molecule has 0 saturated carbocycles. The number of likely N-dealkylation sites (tertiary alicyclic amines) is 1. The van der Waals surface area contributed by atoms with Crippen molar-refractivity contribution in [2.75, 3.05) is 13.1 Å². The number of nitrogens with zero attached hydrogens (tertiary/aromatic N) is 1. The average Bonchev–Trinajstić information content (AvgIpc) is 2.48. The fourth-order valence-electron chi connectivity index (χ4n) is 2.61. The quantitative estimate of drug-likeness (QED) is 0.535. The molecule has 0 aromatic heterocycles. The minimum atomic E-state index is -4.26. The van der Waals surface area contributed by atoms with E-state index < -0.39 is 5.51 Å². The van der Waals surface area contributed by atoms with Crippen LogP contribution in [-0.4, -0.2) is 23.5 Å². The van der Waals surface area contributed by atoms with Gasteiger partial charge in [0.05, 0.1) is 6.04 Å². The Balaban J connectivity index is 2.21. The zero-order chi connectivity index (χ0) is 16.9. The molecular formula is C18H20F3NS. The Hall–Kier alpha value is -1.38. The van der Waals surface area contributed by atoms with Crippen molar-refractivity contribution < 1.29 is 13.2 Å². The predicted octanol–water partition coefficient (Wildman–Crippen LogP) is 5.41. The number of halogens is 3. The molecule has 0 N–H and O–H groups in total. The van der Waals surface area contributed by atoms with E-state index in [1.165, 1.54) is 18.6 Å². The van der Waals surface area contributed by atoms with Crippen LogP contribution in [0.3, 0.4) is 0 Å². The van der Waals surface area contributed by atoms with Crippen LogP contribution < -0.4 is 0 Å². The smallest absolute Gasteiger partial charge is 0.286 e. The van der Waals surface area contributed by atoms with Gasteiger partial charge in [0.15, 0.2) is 0 Å². The summed E-state index contributed by atoms with van der Waals surface area (Å²) in [6.45, 7) is 7.58. The summed E-state index contributed by atoms with van der Waals surface area (Å²) in [4.78, 5) is 2.50. The van der Waals surface area contributed by atoms with E-state index in [2.05, 4.69) is 23.3 Å². The predicted molar refractivity (Wildman–Crippen MR) is 89.1 cm³/mol. The van der Waals surface area contributed by atoms with Gasteiger partial charge in [-0.15, -0.1) is 0 Å². The molecule has 1 atom stereocenters. The fraction of sp³-hybridized carbons (Fsp3) is 0.444. The molecule has 5 heteroatoms. The summed E-state index contributed by atoms with van der Waals surface area (Å²) in [6, 6.07) is 6.46. The van der Waals surface area contributed by atoms with Gasteiger partial charge in [0.1, 0.15) is 0 Å². The van der Waals surface area contributed by atoms with Crippen LogP contribution in [0.5, 0.6) is 0 Å². The fourth-order valence-corrected chi connectivity index (χ4v) is 3.14. The van der Waals surface area contributed by atoms with E-state index >= 15 is 0 Å². The van der Waals surface area contributed by atoms with Crippen molar-refractivity contribution in [3.05, 3.63) is 42.0 Å². The lowest BCUT2D eigenvalue weighted by atomic mass is 10.0. The number of hydrogen-bond acceptors (Lipinski definition) is 2. The molecule has 1 aromatic carbocycles. The molecule has 1 heterocycles. The first-order valence-corrected chi connectivity index (χ1v) is 8.43. The summed E-state index contributed by atoms with van der Waals surface area (Å²) >= 11 is -0.0888. The lowest BCUT2D eigenvalue weighted by Crippen LogP contribution is -2.33. The SMILES string of the molecule is C=C(C)C#CC(c1ccc(SC(F)(F)F)cc1)N1CCCCC1. The molecule has 1 fully saturated rings. The van der Waals surface area contributed by atoms with Gasteiger partial charge in [0.2, 0.25) is 0 Å². The molecule has 1 aromatic rings. The number of alkyl halides is 3. The Morgan fingerprint density at radius 1 is 1.17 bits per heavy atom. The van der Waals surface area contributed by atoms with Crippen LogP contribution in [0, 0.1) is 11.8 Å². The average molecular weight is 339 g/mol. The largest absolute Gasteiger partial charge is 0.446 e. The summed E-state index contributed by atoms with van der Waals surface area (Å²) in [5.41, 5.74) is -2.53. The molecule has 1 unspecified atom stereocenters. The van der Waals surface area contributed by atoms with Crippen molar-refractivity contribution in [2.24, 2.45) is 0 Å². The van der Waals surface area contributed by atoms with E-state index in [1.807, 2.05) is 6.92 Å². The van der Waals surface area contributed by atoms with E-state index in [9.17, 15) is 13.2 Å². The van der Waals surface area contributed by atoms with Gasteiger partial charge >= 0.3 is 5.51 Å². The molecule has 1 nitrogen and oxygen atoms in total. The molecule has 2 rings (SSSR count). The zero-order valence-electron chi connectivity index (χ0n) is 13.1. The van der Waals surface area contributed by atoms with Gasteiger partial charge in [0, 0.05) is 4.90 Å². The van der Waals surface area contributed by atoms with Gasteiger partial charge in [-0.25, -0.2) is 0 Å². The van der Waals surface area contributed by atoms with Gasteiger partial charge in [-0.1, -0.05) is 37.0 Å². The van der Waals surface area contributed by atoms with Crippen molar-refractivity contribution in [2.45, 2.75) is 42.6 Å². The second-order valence-electron chi connectivity index (χ2n) is 5.67. The Morgan fingerprint density at radius 2 is 1.78 bits per heavy atom. The molecule has 23 heavy (non-hydrogen) atoms. The third-order valence-electron chi connectivity index (χ3n) is 3.61. The van der Waals surface area contributed by atoms with E-state index in [0.717, 1.165) is 37.1 Å². The Kier molecular flexibility index (Phi) is 6.20. The van der Waals surface area contributed by atoms with Gasteiger partial charge in [-0.05, 0) is 67.9 Å². The third kappa shape index (κ3) is 5.96. The van der Waals surface area contributed by atoms with Crippen LogP contribution in [0.1, 0.15) is 37.8 Å². The number of allylic oxidation sites excluding steroid dienone is 1. The molecular weight excluding hydrogens is 319 g/mol. The number of piperidine rings is 1. The van der Waals surface area contributed by atoms with Gasteiger partial charge in [-0.3, -0.25) is 4.90 Å². The molecule has 0 amide bonds. The monoisotopic (exact) mass is 339 g/mol. The zero-order valence-corrected chi connectivity index (χ0v) is 13.9. The Bertz CT molecular complexity index is 589. The molecule has 0 spiro atoms. The van der Waals surface area contributed by atoms with Crippen molar-refractivity contribution in [1.29, 1.82) is 0 Å². The van der Waals surface area contributed by atoms with Gasteiger partial charge in [0.25, 0.3) is 0 Å². The van der Waals surface area contributed by atoms with Gasteiger partial charge in [-0.2, -0.15) is 13.2 Å². The summed E-state index contributed by atoms with van der Waals surface area (Å²) < 4.78 is 37.3. The maximum Gasteiger partial charge on any atom is 0.446 e. The molecule has 0 bridgehead atoms.